The minimum absolute atomic E-state index is 0.150. The van der Waals surface area contributed by atoms with Gasteiger partial charge >= 0.3 is 5.97 Å². The number of rotatable bonds is 5. The zero-order chi connectivity index (χ0) is 12.3. The van der Waals surface area contributed by atoms with E-state index in [1.54, 1.807) is 11.3 Å². The van der Waals surface area contributed by atoms with Gasteiger partial charge in [-0.15, -0.1) is 11.3 Å². The third-order valence-electron chi connectivity index (χ3n) is 2.54. The quantitative estimate of drug-likeness (QED) is 0.856. The van der Waals surface area contributed by atoms with Gasteiger partial charge in [-0.1, -0.05) is 0 Å². The number of aliphatic carboxylic acids is 1. The first-order chi connectivity index (χ1) is 8.15. The molecule has 90 valence electrons. The number of nitrogens with one attached hydrogen (secondary N) is 1. The smallest absolute Gasteiger partial charge is 0.303 e. The molecule has 2 rings (SSSR count). The van der Waals surface area contributed by atoms with E-state index in [1.807, 2.05) is 30.6 Å². The summed E-state index contributed by atoms with van der Waals surface area (Å²) in [6, 6.07) is 6.14. The van der Waals surface area contributed by atoms with Gasteiger partial charge in [0.15, 0.2) is 0 Å². The van der Waals surface area contributed by atoms with Gasteiger partial charge in [0.2, 0.25) is 0 Å². The second kappa shape index (κ2) is 5.14. The molecule has 0 fully saturated rings. The van der Waals surface area contributed by atoms with Gasteiger partial charge in [-0.3, -0.25) is 4.79 Å². The Morgan fingerprint density at radius 1 is 1.59 bits per heavy atom. The summed E-state index contributed by atoms with van der Waals surface area (Å²) in [7, 11) is 0. The number of hydrogen-bond acceptors (Lipinski definition) is 4. The molecule has 0 bridgehead atoms. The van der Waals surface area contributed by atoms with Crippen LogP contribution in [0, 0.1) is 0 Å². The predicted molar refractivity (Wildman–Crippen MR) is 69.6 cm³/mol. The molecule has 0 aliphatic rings. The average molecular weight is 250 g/mol. The summed E-state index contributed by atoms with van der Waals surface area (Å²) in [6.07, 6.45) is 0.813. The maximum atomic E-state index is 10.5. The van der Waals surface area contributed by atoms with Gasteiger partial charge in [0.05, 0.1) is 15.7 Å². The number of thiazole rings is 1. The highest BCUT2D eigenvalue weighted by Crippen LogP contribution is 2.22. The summed E-state index contributed by atoms with van der Waals surface area (Å²) in [6.45, 7) is 1.99. The lowest BCUT2D eigenvalue weighted by atomic mass is 10.1. The van der Waals surface area contributed by atoms with Crippen molar-refractivity contribution in [3.8, 4) is 0 Å². The van der Waals surface area contributed by atoms with Crippen LogP contribution in [-0.2, 0) is 4.79 Å². The van der Waals surface area contributed by atoms with Crippen LogP contribution in [0.15, 0.2) is 23.7 Å². The van der Waals surface area contributed by atoms with E-state index in [0.717, 1.165) is 15.9 Å². The van der Waals surface area contributed by atoms with Crippen molar-refractivity contribution in [2.75, 3.05) is 5.32 Å². The molecule has 1 heterocycles. The highest BCUT2D eigenvalue weighted by Gasteiger charge is 2.06. The standard InChI is InChI=1S/C12H14N2O2S/c1-8(2-5-12(15)16)14-9-3-4-10-11(6-9)17-7-13-10/h3-4,6-8,14H,2,5H2,1H3,(H,15,16). The normalized spacial score (nSPS) is 12.5. The summed E-state index contributed by atoms with van der Waals surface area (Å²) in [5.41, 5.74) is 3.83. The summed E-state index contributed by atoms with van der Waals surface area (Å²) >= 11 is 1.60. The first-order valence-corrected chi connectivity index (χ1v) is 6.34. The Balaban J connectivity index is 1.99. The summed E-state index contributed by atoms with van der Waals surface area (Å²) in [5, 5.41) is 11.9. The molecule has 5 heteroatoms. The van der Waals surface area contributed by atoms with Gasteiger partial charge in [-0.2, -0.15) is 0 Å². The van der Waals surface area contributed by atoms with Crippen LogP contribution in [0.5, 0.6) is 0 Å². The molecule has 1 atom stereocenters. The topological polar surface area (TPSA) is 62.2 Å². The minimum Gasteiger partial charge on any atom is -0.481 e. The second-order valence-corrected chi connectivity index (χ2v) is 4.90. The van der Waals surface area contributed by atoms with E-state index in [9.17, 15) is 4.79 Å². The molecule has 0 saturated carbocycles. The van der Waals surface area contributed by atoms with Crippen molar-refractivity contribution in [1.82, 2.24) is 4.98 Å². The molecule has 1 aromatic heterocycles. The Hall–Kier alpha value is -1.62. The minimum atomic E-state index is -0.753. The fraction of sp³-hybridized carbons (Fsp3) is 0.333. The van der Waals surface area contributed by atoms with E-state index in [0.29, 0.717) is 6.42 Å². The highest BCUT2D eigenvalue weighted by atomic mass is 32.1. The van der Waals surface area contributed by atoms with Crippen LogP contribution in [0.4, 0.5) is 5.69 Å². The Morgan fingerprint density at radius 3 is 3.18 bits per heavy atom. The van der Waals surface area contributed by atoms with E-state index < -0.39 is 5.97 Å². The van der Waals surface area contributed by atoms with Crippen LogP contribution in [0.3, 0.4) is 0 Å². The molecule has 0 saturated heterocycles. The third kappa shape index (κ3) is 3.17. The third-order valence-corrected chi connectivity index (χ3v) is 3.33. The average Bonchev–Trinajstić information content (AvgIpc) is 2.73. The van der Waals surface area contributed by atoms with Crippen molar-refractivity contribution in [2.24, 2.45) is 0 Å². The number of nitrogens with zero attached hydrogens (tertiary/aromatic N) is 1. The van der Waals surface area contributed by atoms with Gasteiger partial charge in [0.1, 0.15) is 0 Å². The molecule has 17 heavy (non-hydrogen) atoms. The first-order valence-electron chi connectivity index (χ1n) is 5.47. The van der Waals surface area contributed by atoms with Crippen LogP contribution in [-0.4, -0.2) is 22.1 Å². The Morgan fingerprint density at radius 2 is 2.41 bits per heavy atom. The van der Waals surface area contributed by atoms with E-state index in [1.165, 1.54) is 0 Å². The number of aromatic nitrogens is 1. The number of carboxylic acid groups (broad SMARTS) is 1. The van der Waals surface area contributed by atoms with Crippen LogP contribution >= 0.6 is 11.3 Å². The SMILES string of the molecule is CC(CCC(=O)O)Nc1ccc2ncsc2c1. The predicted octanol–water partition coefficient (Wildman–Crippen LogP) is 2.96. The molecular formula is C12H14N2O2S. The molecular weight excluding hydrogens is 236 g/mol. The van der Waals surface area contributed by atoms with Crippen molar-refractivity contribution in [3.05, 3.63) is 23.7 Å². The number of fused-ring (bicyclic) bond motifs is 1. The number of anilines is 1. The molecule has 0 aliphatic carbocycles. The monoisotopic (exact) mass is 250 g/mol. The number of hydrogen-bond donors (Lipinski definition) is 2. The molecule has 2 aromatic rings. The fourth-order valence-electron chi connectivity index (χ4n) is 1.64. The Labute approximate surface area is 103 Å². The summed E-state index contributed by atoms with van der Waals surface area (Å²) in [5.74, 6) is -0.753. The van der Waals surface area contributed by atoms with Gasteiger partial charge < -0.3 is 10.4 Å². The molecule has 1 aromatic carbocycles. The van der Waals surface area contributed by atoms with Crippen LogP contribution in [0.2, 0.25) is 0 Å². The zero-order valence-electron chi connectivity index (χ0n) is 9.51. The second-order valence-electron chi connectivity index (χ2n) is 4.01. The number of benzene rings is 1. The van der Waals surface area contributed by atoms with Crippen molar-refractivity contribution in [2.45, 2.75) is 25.8 Å². The molecule has 2 N–H and O–H groups in total. The van der Waals surface area contributed by atoms with Gasteiger partial charge in [-0.05, 0) is 31.5 Å². The largest absolute Gasteiger partial charge is 0.481 e. The maximum absolute atomic E-state index is 10.5. The van der Waals surface area contributed by atoms with Gasteiger partial charge in [0.25, 0.3) is 0 Å². The van der Waals surface area contributed by atoms with Crippen LogP contribution < -0.4 is 5.32 Å². The van der Waals surface area contributed by atoms with E-state index in [4.69, 9.17) is 5.11 Å². The molecule has 0 spiro atoms. The van der Waals surface area contributed by atoms with E-state index in [-0.39, 0.29) is 12.5 Å². The summed E-state index contributed by atoms with van der Waals surface area (Å²) < 4.78 is 1.14. The Bertz CT molecular complexity index is 524. The van der Waals surface area contributed by atoms with Crippen molar-refractivity contribution < 1.29 is 9.90 Å². The molecule has 0 radical (unpaired) electrons. The van der Waals surface area contributed by atoms with E-state index in [2.05, 4.69) is 10.3 Å². The van der Waals surface area contributed by atoms with Crippen molar-refractivity contribution in [1.29, 1.82) is 0 Å². The molecule has 4 nitrogen and oxygen atoms in total. The lowest BCUT2D eigenvalue weighted by Gasteiger charge is -2.13. The number of carbonyl (C=O) groups is 1. The maximum Gasteiger partial charge on any atom is 0.303 e. The zero-order valence-corrected chi connectivity index (χ0v) is 10.3. The molecule has 0 amide bonds. The lowest BCUT2D eigenvalue weighted by Crippen LogP contribution is -2.16. The van der Waals surface area contributed by atoms with Gasteiger partial charge in [-0.25, -0.2) is 4.98 Å². The van der Waals surface area contributed by atoms with Crippen molar-refractivity contribution >= 4 is 33.2 Å². The van der Waals surface area contributed by atoms with Crippen LogP contribution in [0.1, 0.15) is 19.8 Å². The van der Waals surface area contributed by atoms with Crippen LogP contribution in [0.25, 0.3) is 10.2 Å². The molecule has 1 unspecified atom stereocenters. The number of carboxylic acids is 1. The highest BCUT2D eigenvalue weighted by molar-refractivity contribution is 7.16. The van der Waals surface area contributed by atoms with E-state index >= 15 is 0 Å². The van der Waals surface area contributed by atoms with Crippen molar-refractivity contribution in [3.63, 3.8) is 0 Å². The first kappa shape index (κ1) is 11.9. The van der Waals surface area contributed by atoms with Gasteiger partial charge in [0, 0.05) is 18.2 Å². The fourth-order valence-corrected chi connectivity index (χ4v) is 2.36. The lowest BCUT2D eigenvalue weighted by molar-refractivity contribution is -0.137. The summed E-state index contributed by atoms with van der Waals surface area (Å²) in [4.78, 5) is 14.7. The Kier molecular flexibility index (Phi) is 3.58. The molecule has 0 aliphatic heterocycles.